The van der Waals surface area contributed by atoms with Crippen LogP contribution in [0.5, 0.6) is 0 Å². The molecule has 0 spiro atoms. The Morgan fingerprint density at radius 1 is 1.35 bits per heavy atom. The zero-order valence-corrected chi connectivity index (χ0v) is 14.2. The molecule has 1 aromatic rings. The zero-order valence-electron chi connectivity index (χ0n) is 12.7. The number of hydrogen-bond acceptors (Lipinski definition) is 3. The molecule has 7 heteroatoms. The molecule has 23 heavy (non-hydrogen) atoms. The predicted molar refractivity (Wildman–Crippen MR) is 88.1 cm³/mol. The summed E-state index contributed by atoms with van der Waals surface area (Å²) in [4.78, 5) is 25.3. The van der Waals surface area contributed by atoms with Gasteiger partial charge in [0.15, 0.2) is 0 Å². The molecular formula is C16H17Cl2N3O2. The number of amides is 2. The fourth-order valence-electron chi connectivity index (χ4n) is 2.62. The number of carbonyl (C=O) groups excluding carboxylic acids is 2. The van der Waals surface area contributed by atoms with Crippen LogP contribution in [0.3, 0.4) is 0 Å². The molecule has 2 rings (SSSR count). The third kappa shape index (κ3) is 4.37. The van der Waals surface area contributed by atoms with Crippen molar-refractivity contribution in [2.24, 2.45) is 0 Å². The maximum atomic E-state index is 12.3. The summed E-state index contributed by atoms with van der Waals surface area (Å²) in [5, 5.41) is 13.2. The summed E-state index contributed by atoms with van der Waals surface area (Å²) in [7, 11) is 0. The first-order valence-electron chi connectivity index (χ1n) is 7.27. The largest absolute Gasteiger partial charge is 0.343 e. The van der Waals surface area contributed by atoms with E-state index in [9.17, 15) is 14.9 Å². The highest BCUT2D eigenvalue weighted by atomic mass is 35.5. The van der Waals surface area contributed by atoms with Crippen molar-refractivity contribution in [2.75, 3.05) is 13.1 Å². The third-order valence-corrected chi connectivity index (χ3v) is 4.61. The van der Waals surface area contributed by atoms with E-state index in [0.29, 0.717) is 41.5 Å². The number of carbonyl (C=O) groups is 2. The van der Waals surface area contributed by atoms with E-state index in [1.54, 1.807) is 23.1 Å². The third-order valence-electron chi connectivity index (χ3n) is 4.02. The Morgan fingerprint density at radius 2 is 2.00 bits per heavy atom. The molecule has 0 bridgehead atoms. The van der Waals surface area contributed by atoms with Crippen LogP contribution in [0, 0.1) is 11.3 Å². The molecule has 1 aliphatic heterocycles. The van der Waals surface area contributed by atoms with E-state index in [-0.39, 0.29) is 18.2 Å². The highest BCUT2D eigenvalue weighted by Crippen LogP contribution is 2.24. The molecular weight excluding hydrogens is 337 g/mol. The fourth-order valence-corrected chi connectivity index (χ4v) is 3.09. The minimum absolute atomic E-state index is 0.0178. The van der Waals surface area contributed by atoms with Crippen LogP contribution in [0.1, 0.15) is 25.3 Å². The lowest BCUT2D eigenvalue weighted by atomic mass is 9.88. The quantitative estimate of drug-likeness (QED) is 0.907. The van der Waals surface area contributed by atoms with E-state index in [4.69, 9.17) is 23.2 Å². The summed E-state index contributed by atoms with van der Waals surface area (Å²) in [5.74, 6) is -0.289. The molecule has 1 heterocycles. The first kappa shape index (κ1) is 17.6. The maximum Gasteiger partial charge on any atom is 0.225 e. The number of likely N-dealkylation sites (tertiary alicyclic amines) is 1. The van der Waals surface area contributed by atoms with Gasteiger partial charge in [-0.3, -0.25) is 9.59 Å². The number of benzene rings is 1. The molecule has 0 saturated carbocycles. The average Bonchev–Trinajstić information content (AvgIpc) is 2.50. The molecule has 0 aliphatic carbocycles. The van der Waals surface area contributed by atoms with Crippen LogP contribution in [0.4, 0.5) is 0 Å². The van der Waals surface area contributed by atoms with Gasteiger partial charge in [-0.1, -0.05) is 29.3 Å². The van der Waals surface area contributed by atoms with E-state index < -0.39 is 5.54 Å². The van der Waals surface area contributed by atoms with E-state index in [2.05, 4.69) is 11.4 Å². The van der Waals surface area contributed by atoms with E-state index in [1.165, 1.54) is 6.92 Å². The first-order valence-corrected chi connectivity index (χ1v) is 8.02. The van der Waals surface area contributed by atoms with Gasteiger partial charge in [-0.25, -0.2) is 0 Å². The molecule has 0 aromatic heterocycles. The van der Waals surface area contributed by atoms with Crippen LogP contribution in [0.25, 0.3) is 0 Å². The Labute approximate surface area is 145 Å². The standard InChI is InChI=1S/C16H17Cl2N3O2/c1-11(22)21-6-4-16(10-19,5-7-21)20-15(23)8-12-2-3-13(17)9-14(12)18/h2-3,9H,4-8H2,1H3,(H,20,23). The van der Waals surface area contributed by atoms with Gasteiger partial charge in [-0.15, -0.1) is 0 Å². The summed E-state index contributed by atoms with van der Waals surface area (Å²) in [5.41, 5.74) is -0.273. The normalized spacial score (nSPS) is 16.5. The molecule has 122 valence electrons. The Bertz CT molecular complexity index is 662. The molecule has 1 aromatic carbocycles. The Hall–Kier alpha value is -1.77. The number of nitrogens with zero attached hydrogens (tertiary/aromatic N) is 2. The maximum absolute atomic E-state index is 12.3. The van der Waals surface area contributed by atoms with Crippen LogP contribution in [-0.4, -0.2) is 35.3 Å². The highest BCUT2D eigenvalue weighted by Gasteiger charge is 2.36. The summed E-state index contributed by atoms with van der Waals surface area (Å²) < 4.78 is 0. The van der Waals surface area contributed by atoms with Gasteiger partial charge in [0, 0.05) is 42.9 Å². The molecule has 0 unspecified atom stereocenters. The lowest BCUT2D eigenvalue weighted by Crippen LogP contribution is -2.55. The Morgan fingerprint density at radius 3 is 2.52 bits per heavy atom. The lowest BCUT2D eigenvalue weighted by molar-refractivity contribution is -0.130. The molecule has 1 fully saturated rings. The van der Waals surface area contributed by atoms with Crippen LogP contribution in [0.2, 0.25) is 10.0 Å². The Kier molecular flexibility index (Phi) is 5.51. The van der Waals surface area contributed by atoms with E-state index in [0.717, 1.165) is 0 Å². The number of halogens is 2. The Balaban J connectivity index is 2.01. The van der Waals surface area contributed by atoms with E-state index >= 15 is 0 Å². The van der Waals surface area contributed by atoms with Crippen molar-refractivity contribution in [1.82, 2.24) is 10.2 Å². The van der Waals surface area contributed by atoms with Gasteiger partial charge in [-0.2, -0.15) is 5.26 Å². The molecule has 2 amide bonds. The zero-order chi connectivity index (χ0) is 17.0. The van der Waals surface area contributed by atoms with Crippen molar-refractivity contribution in [1.29, 1.82) is 5.26 Å². The number of hydrogen-bond donors (Lipinski definition) is 1. The summed E-state index contributed by atoms with van der Waals surface area (Å²) in [6.07, 6.45) is 0.919. The summed E-state index contributed by atoms with van der Waals surface area (Å²) in [6.45, 7) is 2.43. The average molecular weight is 354 g/mol. The SMILES string of the molecule is CC(=O)N1CCC(C#N)(NC(=O)Cc2ccc(Cl)cc2Cl)CC1. The molecule has 1 aliphatic rings. The second kappa shape index (κ2) is 7.20. The van der Waals surface area contributed by atoms with Crippen molar-refractivity contribution in [3.63, 3.8) is 0 Å². The van der Waals surface area contributed by atoms with Crippen molar-refractivity contribution in [3.05, 3.63) is 33.8 Å². The lowest BCUT2D eigenvalue weighted by Gasteiger charge is -2.37. The van der Waals surface area contributed by atoms with Crippen molar-refractivity contribution in [2.45, 2.75) is 31.7 Å². The molecule has 0 radical (unpaired) electrons. The first-order chi connectivity index (χ1) is 10.8. The molecule has 1 N–H and O–H groups in total. The predicted octanol–water partition coefficient (Wildman–Crippen LogP) is 2.56. The number of rotatable bonds is 3. The van der Waals surface area contributed by atoms with Gasteiger partial charge in [0.05, 0.1) is 12.5 Å². The number of nitriles is 1. The minimum Gasteiger partial charge on any atom is -0.343 e. The van der Waals surface area contributed by atoms with Crippen molar-refractivity contribution >= 4 is 35.0 Å². The van der Waals surface area contributed by atoms with Crippen molar-refractivity contribution in [3.8, 4) is 6.07 Å². The van der Waals surface area contributed by atoms with Gasteiger partial charge in [0.25, 0.3) is 0 Å². The topological polar surface area (TPSA) is 73.2 Å². The van der Waals surface area contributed by atoms with Crippen molar-refractivity contribution < 1.29 is 9.59 Å². The second-order valence-corrected chi connectivity index (χ2v) is 6.50. The van der Waals surface area contributed by atoms with Gasteiger partial charge < -0.3 is 10.2 Å². The summed E-state index contributed by atoms with van der Waals surface area (Å²) in [6, 6.07) is 7.14. The number of piperidine rings is 1. The van der Waals surface area contributed by atoms with Gasteiger partial charge >= 0.3 is 0 Å². The second-order valence-electron chi connectivity index (χ2n) is 5.66. The van der Waals surface area contributed by atoms with Gasteiger partial charge in [-0.05, 0) is 17.7 Å². The van der Waals surface area contributed by atoms with Gasteiger partial charge in [0.1, 0.15) is 5.54 Å². The summed E-state index contributed by atoms with van der Waals surface area (Å²) >= 11 is 11.9. The molecule has 5 nitrogen and oxygen atoms in total. The highest BCUT2D eigenvalue weighted by molar-refractivity contribution is 6.35. The fraction of sp³-hybridized carbons (Fsp3) is 0.438. The van der Waals surface area contributed by atoms with E-state index in [1.807, 2.05) is 0 Å². The van der Waals surface area contributed by atoms with Crippen LogP contribution in [0.15, 0.2) is 18.2 Å². The van der Waals surface area contributed by atoms with Gasteiger partial charge in [0.2, 0.25) is 11.8 Å². The molecule has 0 atom stereocenters. The monoisotopic (exact) mass is 353 g/mol. The van der Waals surface area contributed by atoms with Crippen LogP contribution in [-0.2, 0) is 16.0 Å². The molecule has 1 saturated heterocycles. The number of nitrogens with one attached hydrogen (secondary N) is 1. The van der Waals surface area contributed by atoms with Crippen LogP contribution >= 0.6 is 23.2 Å². The van der Waals surface area contributed by atoms with Crippen LogP contribution < -0.4 is 5.32 Å². The smallest absolute Gasteiger partial charge is 0.225 e. The minimum atomic E-state index is -0.929.